The van der Waals surface area contributed by atoms with Gasteiger partial charge in [-0.25, -0.2) is 4.98 Å². The van der Waals surface area contributed by atoms with E-state index in [9.17, 15) is 13.6 Å². The van der Waals surface area contributed by atoms with Gasteiger partial charge in [-0.15, -0.1) is 11.3 Å². The molecule has 0 fully saturated rings. The minimum absolute atomic E-state index is 0.0623. The van der Waals surface area contributed by atoms with Gasteiger partial charge in [0.25, 0.3) is 11.7 Å². The number of amides is 1. The second-order valence-corrected chi connectivity index (χ2v) is 6.40. The molecule has 3 nitrogen and oxygen atoms in total. The fourth-order valence-corrected chi connectivity index (χ4v) is 3.32. The van der Waals surface area contributed by atoms with Crippen molar-refractivity contribution in [3.63, 3.8) is 0 Å². The standard InChI is InChI=1S/C14H14F2N2OS2/c1-9-5-7-20-11(9)8-18(2)13(19)10-4-3-6-17-12(10)21-14(15)16/h3-7,14H,8H2,1-2H3. The summed E-state index contributed by atoms with van der Waals surface area (Å²) >= 11 is 1.86. The van der Waals surface area contributed by atoms with E-state index in [0.29, 0.717) is 18.3 Å². The highest BCUT2D eigenvalue weighted by atomic mass is 32.2. The first-order valence-corrected chi connectivity index (χ1v) is 7.93. The number of pyridine rings is 1. The van der Waals surface area contributed by atoms with Crippen LogP contribution in [0, 0.1) is 6.92 Å². The van der Waals surface area contributed by atoms with Crippen molar-refractivity contribution >= 4 is 29.0 Å². The van der Waals surface area contributed by atoms with Crippen molar-refractivity contribution in [2.24, 2.45) is 0 Å². The van der Waals surface area contributed by atoms with E-state index in [4.69, 9.17) is 0 Å². The maximum absolute atomic E-state index is 12.5. The number of hydrogen-bond donors (Lipinski definition) is 0. The second-order valence-electron chi connectivity index (χ2n) is 4.42. The zero-order chi connectivity index (χ0) is 15.4. The molecule has 2 heterocycles. The highest BCUT2D eigenvalue weighted by molar-refractivity contribution is 7.99. The predicted molar refractivity (Wildman–Crippen MR) is 81.0 cm³/mol. The quantitative estimate of drug-likeness (QED) is 0.777. The molecule has 0 bridgehead atoms. The average Bonchev–Trinajstić information content (AvgIpc) is 2.83. The van der Waals surface area contributed by atoms with Crippen LogP contribution in [0.1, 0.15) is 20.8 Å². The van der Waals surface area contributed by atoms with Gasteiger partial charge in [0.1, 0.15) is 5.03 Å². The molecule has 0 aliphatic rings. The maximum atomic E-state index is 12.5. The summed E-state index contributed by atoms with van der Waals surface area (Å²) < 4.78 is 25.0. The number of aromatic nitrogens is 1. The van der Waals surface area contributed by atoms with E-state index in [1.54, 1.807) is 24.5 Å². The maximum Gasteiger partial charge on any atom is 0.290 e. The SMILES string of the molecule is Cc1ccsc1CN(C)C(=O)c1cccnc1SC(F)F. The van der Waals surface area contributed by atoms with E-state index in [1.165, 1.54) is 17.2 Å². The second kappa shape index (κ2) is 7.00. The van der Waals surface area contributed by atoms with Crippen molar-refractivity contribution < 1.29 is 13.6 Å². The molecule has 0 radical (unpaired) electrons. The third-order valence-electron chi connectivity index (χ3n) is 2.90. The Morgan fingerprint density at radius 1 is 1.48 bits per heavy atom. The van der Waals surface area contributed by atoms with E-state index in [1.807, 2.05) is 18.4 Å². The van der Waals surface area contributed by atoms with Crippen molar-refractivity contribution in [2.75, 3.05) is 7.05 Å². The molecule has 2 aromatic heterocycles. The summed E-state index contributed by atoms with van der Waals surface area (Å²) in [5.41, 5.74) is 1.33. The Morgan fingerprint density at radius 3 is 2.86 bits per heavy atom. The summed E-state index contributed by atoms with van der Waals surface area (Å²) in [6, 6.07) is 5.09. The summed E-state index contributed by atoms with van der Waals surface area (Å²) in [5, 5.41) is 2.03. The molecular formula is C14H14F2N2OS2. The largest absolute Gasteiger partial charge is 0.336 e. The van der Waals surface area contributed by atoms with Crippen molar-refractivity contribution in [3.8, 4) is 0 Å². The third kappa shape index (κ3) is 4.01. The highest BCUT2D eigenvalue weighted by Crippen LogP contribution is 2.27. The van der Waals surface area contributed by atoms with Crippen molar-refractivity contribution in [2.45, 2.75) is 24.3 Å². The van der Waals surface area contributed by atoms with Crippen LogP contribution in [0.3, 0.4) is 0 Å². The molecule has 0 saturated heterocycles. The Bertz CT molecular complexity index is 631. The van der Waals surface area contributed by atoms with Gasteiger partial charge >= 0.3 is 0 Å². The van der Waals surface area contributed by atoms with Crippen LogP contribution >= 0.6 is 23.1 Å². The number of carbonyl (C=O) groups excluding carboxylic acids is 1. The fraction of sp³-hybridized carbons (Fsp3) is 0.286. The Hall–Kier alpha value is -1.47. The van der Waals surface area contributed by atoms with E-state index in [0.717, 1.165) is 10.4 Å². The average molecular weight is 328 g/mol. The molecule has 0 atom stereocenters. The van der Waals surface area contributed by atoms with E-state index in [2.05, 4.69) is 4.98 Å². The minimum atomic E-state index is -2.60. The minimum Gasteiger partial charge on any atom is -0.336 e. The highest BCUT2D eigenvalue weighted by Gasteiger charge is 2.20. The first-order chi connectivity index (χ1) is 9.99. The van der Waals surface area contributed by atoms with E-state index in [-0.39, 0.29) is 16.5 Å². The van der Waals surface area contributed by atoms with Gasteiger partial charge in [0.05, 0.1) is 12.1 Å². The number of carbonyl (C=O) groups is 1. The molecule has 0 aliphatic carbocycles. The van der Waals surface area contributed by atoms with Crippen LogP contribution in [-0.2, 0) is 6.54 Å². The van der Waals surface area contributed by atoms with Gasteiger partial charge in [-0.1, -0.05) is 0 Å². The first kappa shape index (κ1) is 15.9. The van der Waals surface area contributed by atoms with Crippen molar-refractivity contribution in [1.29, 1.82) is 0 Å². The Kier molecular flexibility index (Phi) is 5.30. The summed E-state index contributed by atoms with van der Waals surface area (Å²) in [6.45, 7) is 2.43. The zero-order valence-electron chi connectivity index (χ0n) is 11.5. The number of rotatable bonds is 5. The van der Waals surface area contributed by atoms with Crippen LogP contribution < -0.4 is 0 Å². The summed E-state index contributed by atoms with van der Waals surface area (Å²) in [4.78, 5) is 18.9. The van der Waals surface area contributed by atoms with Gasteiger partial charge in [-0.05, 0) is 47.8 Å². The zero-order valence-corrected chi connectivity index (χ0v) is 13.2. The number of thioether (sulfide) groups is 1. The van der Waals surface area contributed by atoms with Gasteiger partial charge in [0.15, 0.2) is 0 Å². The number of thiophene rings is 1. The smallest absolute Gasteiger partial charge is 0.290 e. The third-order valence-corrected chi connectivity index (χ3v) is 4.63. The van der Waals surface area contributed by atoms with Gasteiger partial charge in [-0.3, -0.25) is 4.79 Å². The normalized spacial score (nSPS) is 10.9. The molecule has 7 heteroatoms. The molecule has 0 aliphatic heterocycles. The van der Waals surface area contributed by atoms with E-state index < -0.39 is 5.76 Å². The number of alkyl halides is 2. The van der Waals surface area contributed by atoms with Gasteiger partial charge in [-0.2, -0.15) is 8.78 Å². The molecular weight excluding hydrogens is 314 g/mol. The molecule has 21 heavy (non-hydrogen) atoms. The Morgan fingerprint density at radius 2 is 2.24 bits per heavy atom. The summed E-state index contributed by atoms with van der Waals surface area (Å²) in [7, 11) is 1.66. The number of halogens is 2. The molecule has 0 aromatic carbocycles. The molecule has 1 amide bonds. The molecule has 0 saturated carbocycles. The monoisotopic (exact) mass is 328 g/mol. The Balaban J connectivity index is 2.17. The predicted octanol–water partition coefficient (Wildman–Crippen LogP) is 4.04. The van der Waals surface area contributed by atoms with E-state index >= 15 is 0 Å². The van der Waals surface area contributed by atoms with Crippen molar-refractivity contribution in [1.82, 2.24) is 9.88 Å². The number of hydrogen-bond acceptors (Lipinski definition) is 4. The number of aryl methyl sites for hydroxylation is 1. The molecule has 0 N–H and O–H groups in total. The molecule has 0 unspecified atom stereocenters. The molecule has 2 rings (SSSR count). The van der Waals surface area contributed by atoms with Gasteiger partial charge in [0, 0.05) is 18.1 Å². The lowest BCUT2D eigenvalue weighted by molar-refractivity contribution is 0.0782. The summed E-state index contributed by atoms with van der Waals surface area (Å²) in [6.07, 6.45) is 1.41. The first-order valence-electron chi connectivity index (χ1n) is 6.17. The van der Waals surface area contributed by atoms with Gasteiger partial charge < -0.3 is 4.90 Å². The van der Waals surface area contributed by atoms with Gasteiger partial charge in [0.2, 0.25) is 0 Å². The topological polar surface area (TPSA) is 33.2 Å². The fourth-order valence-electron chi connectivity index (χ4n) is 1.79. The van der Waals surface area contributed by atoms with Crippen LogP contribution in [0.15, 0.2) is 34.8 Å². The van der Waals surface area contributed by atoms with Crippen LogP contribution in [0.5, 0.6) is 0 Å². The van der Waals surface area contributed by atoms with Crippen LogP contribution in [0.4, 0.5) is 8.78 Å². The number of nitrogens with zero attached hydrogens (tertiary/aromatic N) is 2. The molecule has 112 valence electrons. The summed E-state index contributed by atoms with van der Waals surface area (Å²) in [5.74, 6) is -2.91. The van der Waals surface area contributed by atoms with Crippen LogP contribution in [-0.4, -0.2) is 28.6 Å². The molecule has 0 spiro atoms. The Labute approximate surface area is 130 Å². The lowest BCUT2D eigenvalue weighted by Gasteiger charge is -2.18. The molecule has 2 aromatic rings. The van der Waals surface area contributed by atoms with Crippen LogP contribution in [0.25, 0.3) is 0 Å². The van der Waals surface area contributed by atoms with Crippen molar-refractivity contribution in [3.05, 3.63) is 45.8 Å². The lowest BCUT2D eigenvalue weighted by atomic mass is 10.2. The lowest BCUT2D eigenvalue weighted by Crippen LogP contribution is -2.26. The van der Waals surface area contributed by atoms with Crippen LogP contribution in [0.2, 0.25) is 0 Å².